The quantitative estimate of drug-likeness (QED) is 0.534. The molecule has 25 heavy (non-hydrogen) atoms. The SMILES string of the molecule is CC[C@H](CC=O)[C@@H](C(=O)c1ccccc1)S(=O)(=O)c1ccc(C)cc1. The number of aldehydes is 1. The van der Waals surface area contributed by atoms with Gasteiger partial charge in [-0.2, -0.15) is 0 Å². The molecule has 0 bridgehead atoms. The second-order valence-corrected chi connectivity index (χ2v) is 8.15. The fourth-order valence-corrected chi connectivity index (χ4v) is 4.91. The van der Waals surface area contributed by atoms with Gasteiger partial charge in [0.2, 0.25) is 0 Å². The molecule has 0 saturated carbocycles. The average Bonchev–Trinajstić information content (AvgIpc) is 2.62. The Labute approximate surface area is 148 Å². The van der Waals surface area contributed by atoms with Crippen molar-refractivity contribution in [2.24, 2.45) is 5.92 Å². The number of rotatable bonds is 8. The van der Waals surface area contributed by atoms with Gasteiger partial charge in [0.05, 0.1) is 4.90 Å². The smallest absolute Gasteiger partial charge is 0.188 e. The molecule has 2 rings (SSSR count). The van der Waals surface area contributed by atoms with Crippen LogP contribution in [0.2, 0.25) is 0 Å². The van der Waals surface area contributed by atoms with Gasteiger partial charge in [0.15, 0.2) is 15.6 Å². The summed E-state index contributed by atoms with van der Waals surface area (Å²) in [5.74, 6) is -1.02. The lowest BCUT2D eigenvalue weighted by Crippen LogP contribution is -2.37. The molecular weight excluding hydrogens is 336 g/mol. The number of hydrogen-bond donors (Lipinski definition) is 0. The summed E-state index contributed by atoms with van der Waals surface area (Å²) in [4.78, 5) is 24.2. The number of sulfone groups is 1. The lowest BCUT2D eigenvalue weighted by Gasteiger charge is -2.24. The first kappa shape index (κ1) is 19.1. The molecule has 0 fully saturated rings. The molecule has 0 heterocycles. The van der Waals surface area contributed by atoms with Crippen LogP contribution in [0.15, 0.2) is 59.5 Å². The molecule has 0 unspecified atom stereocenters. The predicted molar refractivity (Wildman–Crippen MR) is 97.4 cm³/mol. The van der Waals surface area contributed by atoms with Crippen molar-refractivity contribution in [2.45, 2.75) is 36.8 Å². The molecule has 0 aliphatic carbocycles. The maximum Gasteiger partial charge on any atom is 0.188 e. The van der Waals surface area contributed by atoms with Crippen LogP contribution < -0.4 is 0 Å². The Hall–Kier alpha value is -2.27. The first-order valence-corrected chi connectivity index (χ1v) is 9.80. The molecule has 0 amide bonds. The monoisotopic (exact) mass is 358 g/mol. The third kappa shape index (κ3) is 4.23. The lowest BCUT2D eigenvalue weighted by atomic mass is 9.93. The molecule has 0 saturated heterocycles. The fraction of sp³-hybridized carbons (Fsp3) is 0.300. The Morgan fingerprint density at radius 3 is 2.16 bits per heavy atom. The Balaban J connectivity index is 2.55. The van der Waals surface area contributed by atoms with E-state index >= 15 is 0 Å². The molecule has 0 aliphatic rings. The minimum Gasteiger partial charge on any atom is -0.303 e. The Bertz CT molecular complexity index is 824. The van der Waals surface area contributed by atoms with E-state index in [0.29, 0.717) is 18.3 Å². The van der Waals surface area contributed by atoms with E-state index < -0.39 is 26.8 Å². The first-order chi connectivity index (χ1) is 11.9. The van der Waals surface area contributed by atoms with Gasteiger partial charge in [-0.15, -0.1) is 0 Å². The summed E-state index contributed by atoms with van der Waals surface area (Å²) in [6.07, 6.45) is 1.14. The number of ketones is 1. The maximum atomic E-state index is 13.2. The largest absolute Gasteiger partial charge is 0.303 e. The molecule has 5 heteroatoms. The number of hydrogen-bond acceptors (Lipinski definition) is 4. The molecule has 2 aromatic rings. The van der Waals surface area contributed by atoms with Crippen LogP contribution in [0.25, 0.3) is 0 Å². The molecule has 0 spiro atoms. The van der Waals surface area contributed by atoms with Crippen molar-refractivity contribution >= 4 is 21.9 Å². The minimum absolute atomic E-state index is 0.0326. The zero-order valence-corrected chi connectivity index (χ0v) is 15.2. The fourth-order valence-electron chi connectivity index (χ4n) is 2.88. The Morgan fingerprint density at radius 2 is 1.64 bits per heavy atom. The van der Waals surface area contributed by atoms with E-state index in [0.717, 1.165) is 5.56 Å². The molecule has 0 N–H and O–H groups in total. The third-order valence-corrected chi connectivity index (χ3v) is 6.55. The normalized spacial score (nSPS) is 13.8. The summed E-state index contributed by atoms with van der Waals surface area (Å²) in [5, 5.41) is -1.27. The Kier molecular flexibility index (Phi) is 6.26. The lowest BCUT2D eigenvalue weighted by molar-refractivity contribution is -0.108. The van der Waals surface area contributed by atoms with Gasteiger partial charge in [0.25, 0.3) is 0 Å². The maximum absolute atomic E-state index is 13.2. The van der Waals surface area contributed by atoms with E-state index in [-0.39, 0.29) is 11.3 Å². The summed E-state index contributed by atoms with van der Waals surface area (Å²) < 4.78 is 26.4. The summed E-state index contributed by atoms with van der Waals surface area (Å²) in [6, 6.07) is 14.8. The average molecular weight is 358 g/mol. The number of carbonyl (C=O) groups excluding carboxylic acids is 2. The van der Waals surface area contributed by atoms with Gasteiger partial charge in [0.1, 0.15) is 11.5 Å². The molecule has 4 nitrogen and oxygen atoms in total. The van der Waals surface area contributed by atoms with Crippen LogP contribution >= 0.6 is 0 Å². The van der Waals surface area contributed by atoms with Crippen molar-refractivity contribution in [1.82, 2.24) is 0 Å². The summed E-state index contributed by atoms with van der Waals surface area (Å²) >= 11 is 0. The predicted octanol–water partition coefficient (Wildman–Crippen LogP) is 3.64. The second-order valence-electron chi connectivity index (χ2n) is 6.08. The van der Waals surface area contributed by atoms with Gasteiger partial charge in [-0.1, -0.05) is 61.4 Å². The van der Waals surface area contributed by atoms with Gasteiger partial charge in [-0.25, -0.2) is 8.42 Å². The minimum atomic E-state index is -3.91. The van der Waals surface area contributed by atoms with Gasteiger partial charge >= 0.3 is 0 Å². The highest BCUT2D eigenvalue weighted by molar-refractivity contribution is 7.92. The van der Waals surface area contributed by atoms with Crippen molar-refractivity contribution in [3.63, 3.8) is 0 Å². The summed E-state index contributed by atoms with van der Waals surface area (Å²) in [5.41, 5.74) is 1.28. The zero-order chi connectivity index (χ0) is 18.4. The molecular formula is C20H22O4S. The van der Waals surface area contributed by atoms with E-state index in [1.807, 2.05) is 6.92 Å². The van der Waals surface area contributed by atoms with E-state index in [1.54, 1.807) is 49.4 Å². The van der Waals surface area contributed by atoms with E-state index in [1.165, 1.54) is 12.1 Å². The van der Waals surface area contributed by atoms with Crippen molar-refractivity contribution < 1.29 is 18.0 Å². The van der Waals surface area contributed by atoms with Crippen molar-refractivity contribution in [2.75, 3.05) is 0 Å². The van der Waals surface area contributed by atoms with Crippen LogP contribution in [-0.4, -0.2) is 25.7 Å². The van der Waals surface area contributed by atoms with Crippen LogP contribution in [0.1, 0.15) is 35.7 Å². The highest BCUT2D eigenvalue weighted by Gasteiger charge is 2.39. The molecule has 0 radical (unpaired) electrons. The van der Waals surface area contributed by atoms with Crippen molar-refractivity contribution in [3.05, 3.63) is 65.7 Å². The molecule has 2 aromatic carbocycles. The van der Waals surface area contributed by atoms with Crippen LogP contribution in [-0.2, 0) is 14.6 Å². The Morgan fingerprint density at radius 1 is 1.04 bits per heavy atom. The first-order valence-electron chi connectivity index (χ1n) is 8.25. The summed E-state index contributed by atoms with van der Waals surface area (Å²) in [7, 11) is -3.91. The number of Topliss-reactive ketones (excluding diaryl/α,β-unsaturated/α-hetero) is 1. The molecule has 0 aromatic heterocycles. The van der Waals surface area contributed by atoms with Crippen LogP contribution in [0.5, 0.6) is 0 Å². The van der Waals surface area contributed by atoms with E-state index in [9.17, 15) is 18.0 Å². The molecule has 2 atom stereocenters. The number of carbonyl (C=O) groups is 2. The van der Waals surface area contributed by atoms with Crippen LogP contribution in [0, 0.1) is 12.8 Å². The molecule has 132 valence electrons. The number of aryl methyl sites for hydroxylation is 1. The van der Waals surface area contributed by atoms with Crippen LogP contribution in [0.3, 0.4) is 0 Å². The van der Waals surface area contributed by atoms with Gasteiger partial charge in [0, 0.05) is 12.0 Å². The molecule has 0 aliphatic heterocycles. The second kappa shape index (κ2) is 8.21. The van der Waals surface area contributed by atoms with Crippen molar-refractivity contribution in [1.29, 1.82) is 0 Å². The van der Waals surface area contributed by atoms with Crippen LogP contribution in [0.4, 0.5) is 0 Å². The topological polar surface area (TPSA) is 68.3 Å². The highest BCUT2D eigenvalue weighted by atomic mass is 32.2. The van der Waals surface area contributed by atoms with Gasteiger partial charge < -0.3 is 4.79 Å². The summed E-state index contributed by atoms with van der Waals surface area (Å²) in [6.45, 7) is 3.66. The van der Waals surface area contributed by atoms with Gasteiger partial charge in [-0.3, -0.25) is 4.79 Å². The third-order valence-electron chi connectivity index (χ3n) is 4.35. The van der Waals surface area contributed by atoms with Crippen molar-refractivity contribution in [3.8, 4) is 0 Å². The van der Waals surface area contributed by atoms with Gasteiger partial charge in [-0.05, 0) is 25.0 Å². The highest BCUT2D eigenvalue weighted by Crippen LogP contribution is 2.29. The van der Waals surface area contributed by atoms with E-state index in [2.05, 4.69) is 0 Å². The number of benzene rings is 2. The van der Waals surface area contributed by atoms with E-state index in [4.69, 9.17) is 0 Å². The standard InChI is InChI=1S/C20H22O4S/c1-3-16(13-14-21)20(19(22)17-7-5-4-6-8-17)25(23,24)18-11-9-15(2)10-12-18/h4-12,14,16,20H,3,13H2,1-2H3/t16-,20+/m1/s1. The zero-order valence-electron chi connectivity index (χ0n) is 14.4.